The Morgan fingerprint density at radius 2 is 2.31 bits per heavy atom. The standard InChI is InChI=1S/C10H11NO2/c1-7-5-12-10-4-8(6-13-11)2-3-9(7)10/h2-5H,6,11H2,1H3. The molecule has 0 saturated heterocycles. The zero-order valence-corrected chi connectivity index (χ0v) is 7.41. The molecule has 3 heteroatoms. The van der Waals surface area contributed by atoms with Gasteiger partial charge in [-0.15, -0.1) is 0 Å². The SMILES string of the molecule is Cc1coc2cc(CON)ccc12. The average molecular weight is 177 g/mol. The Bertz CT molecular complexity index is 420. The van der Waals surface area contributed by atoms with E-state index in [9.17, 15) is 0 Å². The Morgan fingerprint density at radius 3 is 3.08 bits per heavy atom. The zero-order valence-electron chi connectivity index (χ0n) is 7.41. The number of hydrogen-bond acceptors (Lipinski definition) is 3. The Kier molecular flexibility index (Phi) is 2.04. The highest BCUT2D eigenvalue weighted by molar-refractivity contribution is 5.81. The quantitative estimate of drug-likeness (QED) is 0.715. The highest BCUT2D eigenvalue weighted by atomic mass is 16.6. The van der Waals surface area contributed by atoms with Crippen LogP contribution in [0.15, 0.2) is 28.9 Å². The molecule has 0 radical (unpaired) electrons. The molecule has 0 aliphatic heterocycles. The third kappa shape index (κ3) is 1.43. The number of hydrogen-bond donors (Lipinski definition) is 1. The minimum atomic E-state index is 0.412. The van der Waals surface area contributed by atoms with Crippen molar-refractivity contribution < 1.29 is 9.25 Å². The van der Waals surface area contributed by atoms with Crippen molar-refractivity contribution >= 4 is 11.0 Å². The van der Waals surface area contributed by atoms with Gasteiger partial charge in [-0.25, -0.2) is 5.90 Å². The summed E-state index contributed by atoms with van der Waals surface area (Å²) in [5, 5.41) is 1.14. The first-order valence-electron chi connectivity index (χ1n) is 4.09. The molecule has 0 atom stereocenters. The topological polar surface area (TPSA) is 48.4 Å². The fourth-order valence-corrected chi connectivity index (χ4v) is 1.39. The normalized spacial score (nSPS) is 10.9. The third-order valence-electron chi connectivity index (χ3n) is 2.08. The van der Waals surface area contributed by atoms with Gasteiger partial charge in [-0.05, 0) is 24.1 Å². The third-order valence-corrected chi connectivity index (χ3v) is 2.08. The lowest BCUT2D eigenvalue weighted by Crippen LogP contribution is -1.98. The summed E-state index contributed by atoms with van der Waals surface area (Å²) in [5.41, 5.74) is 3.05. The van der Waals surface area contributed by atoms with Crippen molar-refractivity contribution in [3.05, 3.63) is 35.6 Å². The fraction of sp³-hybridized carbons (Fsp3) is 0.200. The summed E-state index contributed by atoms with van der Waals surface area (Å²) in [4.78, 5) is 4.54. The summed E-state index contributed by atoms with van der Waals surface area (Å²) in [6.45, 7) is 2.43. The van der Waals surface area contributed by atoms with E-state index >= 15 is 0 Å². The molecule has 0 aliphatic carbocycles. The molecule has 68 valence electrons. The fourth-order valence-electron chi connectivity index (χ4n) is 1.39. The van der Waals surface area contributed by atoms with Gasteiger partial charge in [0.15, 0.2) is 0 Å². The van der Waals surface area contributed by atoms with Crippen LogP contribution in [-0.2, 0) is 11.4 Å². The van der Waals surface area contributed by atoms with Crippen molar-refractivity contribution in [3.63, 3.8) is 0 Å². The van der Waals surface area contributed by atoms with E-state index < -0.39 is 0 Å². The maximum atomic E-state index is 5.34. The van der Waals surface area contributed by atoms with Crippen LogP contribution in [0.1, 0.15) is 11.1 Å². The van der Waals surface area contributed by atoms with Crippen molar-refractivity contribution in [1.82, 2.24) is 0 Å². The molecule has 0 unspecified atom stereocenters. The van der Waals surface area contributed by atoms with E-state index in [1.54, 1.807) is 6.26 Å². The Hall–Kier alpha value is -1.32. The summed E-state index contributed by atoms with van der Waals surface area (Å²) in [6.07, 6.45) is 1.75. The van der Waals surface area contributed by atoms with E-state index in [1.165, 1.54) is 0 Å². The molecule has 0 aliphatic rings. The van der Waals surface area contributed by atoms with Crippen LogP contribution in [0.3, 0.4) is 0 Å². The van der Waals surface area contributed by atoms with Gasteiger partial charge in [0.2, 0.25) is 0 Å². The van der Waals surface area contributed by atoms with E-state index in [0.717, 1.165) is 22.1 Å². The van der Waals surface area contributed by atoms with Gasteiger partial charge in [-0.3, -0.25) is 4.84 Å². The molecule has 0 fully saturated rings. The van der Waals surface area contributed by atoms with Crippen LogP contribution in [0.25, 0.3) is 11.0 Å². The Morgan fingerprint density at radius 1 is 1.46 bits per heavy atom. The number of nitrogens with two attached hydrogens (primary N) is 1. The summed E-state index contributed by atoms with van der Waals surface area (Å²) < 4.78 is 5.34. The first-order valence-corrected chi connectivity index (χ1v) is 4.09. The molecule has 0 bridgehead atoms. The molecule has 1 heterocycles. The van der Waals surface area contributed by atoms with Crippen molar-refractivity contribution in [2.24, 2.45) is 5.90 Å². The second kappa shape index (κ2) is 3.20. The van der Waals surface area contributed by atoms with Crippen LogP contribution in [0.5, 0.6) is 0 Å². The van der Waals surface area contributed by atoms with Crippen molar-refractivity contribution in [1.29, 1.82) is 0 Å². The minimum absolute atomic E-state index is 0.412. The minimum Gasteiger partial charge on any atom is -0.464 e. The van der Waals surface area contributed by atoms with Gasteiger partial charge in [0.05, 0.1) is 12.9 Å². The maximum absolute atomic E-state index is 5.34. The highest BCUT2D eigenvalue weighted by Crippen LogP contribution is 2.21. The first kappa shape index (κ1) is 8.29. The molecule has 0 spiro atoms. The summed E-state index contributed by atoms with van der Waals surface area (Å²) in [5.74, 6) is 4.98. The molecule has 2 N–H and O–H groups in total. The first-order chi connectivity index (χ1) is 6.31. The van der Waals surface area contributed by atoms with E-state index in [0.29, 0.717) is 6.61 Å². The van der Waals surface area contributed by atoms with E-state index in [4.69, 9.17) is 10.3 Å². The average Bonchev–Trinajstić information content (AvgIpc) is 2.48. The van der Waals surface area contributed by atoms with Gasteiger partial charge in [-0.1, -0.05) is 12.1 Å². The molecule has 3 nitrogen and oxygen atoms in total. The van der Waals surface area contributed by atoms with Crippen LogP contribution in [-0.4, -0.2) is 0 Å². The number of aryl methyl sites for hydroxylation is 1. The molecule has 0 saturated carbocycles. The number of rotatable bonds is 2. The number of benzene rings is 1. The largest absolute Gasteiger partial charge is 0.464 e. The smallest absolute Gasteiger partial charge is 0.134 e. The second-order valence-corrected chi connectivity index (χ2v) is 3.06. The van der Waals surface area contributed by atoms with Gasteiger partial charge < -0.3 is 4.42 Å². The van der Waals surface area contributed by atoms with Gasteiger partial charge in [-0.2, -0.15) is 0 Å². The highest BCUT2D eigenvalue weighted by Gasteiger charge is 2.02. The van der Waals surface area contributed by atoms with Crippen molar-refractivity contribution in [2.45, 2.75) is 13.5 Å². The Balaban J connectivity index is 2.50. The molecule has 1 aromatic carbocycles. The predicted molar refractivity (Wildman–Crippen MR) is 49.9 cm³/mol. The van der Waals surface area contributed by atoms with Crippen LogP contribution >= 0.6 is 0 Å². The lowest BCUT2D eigenvalue weighted by Gasteiger charge is -1.97. The second-order valence-electron chi connectivity index (χ2n) is 3.06. The molecule has 0 amide bonds. The van der Waals surface area contributed by atoms with E-state index in [2.05, 4.69) is 4.84 Å². The van der Waals surface area contributed by atoms with Crippen molar-refractivity contribution in [3.8, 4) is 0 Å². The van der Waals surface area contributed by atoms with Gasteiger partial charge in [0.25, 0.3) is 0 Å². The predicted octanol–water partition coefficient (Wildman–Crippen LogP) is 2.13. The summed E-state index contributed by atoms with van der Waals surface area (Å²) >= 11 is 0. The Labute approximate surface area is 76.0 Å². The number of furan rings is 1. The lowest BCUT2D eigenvalue weighted by molar-refractivity contribution is 0.124. The maximum Gasteiger partial charge on any atom is 0.134 e. The molecular weight excluding hydrogens is 166 g/mol. The molecule has 2 rings (SSSR count). The molecular formula is C10H11NO2. The van der Waals surface area contributed by atoms with Gasteiger partial charge in [0.1, 0.15) is 5.58 Å². The summed E-state index contributed by atoms with van der Waals surface area (Å²) in [6, 6.07) is 5.94. The summed E-state index contributed by atoms with van der Waals surface area (Å²) in [7, 11) is 0. The van der Waals surface area contributed by atoms with Gasteiger partial charge >= 0.3 is 0 Å². The van der Waals surface area contributed by atoms with Gasteiger partial charge in [0, 0.05) is 5.39 Å². The van der Waals surface area contributed by atoms with Crippen LogP contribution in [0.2, 0.25) is 0 Å². The zero-order chi connectivity index (χ0) is 9.26. The monoisotopic (exact) mass is 177 g/mol. The van der Waals surface area contributed by atoms with Crippen LogP contribution in [0.4, 0.5) is 0 Å². The molecule has 13 heavy (non-hydrogen) atoms. The van der Waals surface area contributed by atoms with E-state index in [-0.39, 0.29) is 0 Å². The number of fused-ring (bicyclic) bond motifs is 1. The molecule has 2 aromatic rings. The van der Waals surface area contributed by atoms with Crippen molar-refractivity contribution in [2.75, 3.05) is 0 Å². The van der Waals surface area contributed by atoms with Crippen LogP contribution in [0, 0.1) is 6.92 Å². The molecule has 1 aromatic heterocycles. The van der Waals surface area contributed by atoms with E-state index in [1.807, 2.05) is 25.1 Å². The lowest BCUT2D eigenvalue weighted by atomic mass is 10.1. The van der Waals surface area contributed by atoms with Crippen LogP contribution < -0.4 is 5.90 Å².